The fraction of sp³-hybridized carbons (Fsp3) is 0.400. The van der Waals surface area contributed by atoms with E-state index in [4.69, 9.17) is 18.4 Å². The van der Waals surface area contributed by atoms with Gasteiger partial charge in [-0.3, -0.25) is 9.96 Å². The minimum absolute atomic E-state index is 0.0997. The van der Waals surface area contributed by atoms with Crippen LogP contribution in [0.3, 0.4) is 0 Å². The Morgan fingerprint density at radius 1 is 1.50 bits per heavy atom. The first-order valence-corrected chi connectivity index (χ1v) is 5.52. The first-order valence-electron chi connectivity index (χ1n) is 3.36. The van der Waals surface area contributed by atoms with Crippen molar-refractivity contribution in [2.24, 2.45) is 7.05 Å². The molecule has 0 fully saturated rings. The van der Waals surface area contributed by atoms with Crippen LogP contribution in [0.25, 0.3) is 0 Å². The normalized spacial score (nSPS) is 11.9. The summed E-state index contributed by atoms with van der Waals surface area (Å²) >= 11 is 0.426. The second-order valence-electron chi connectivity index (χ2n) is 2.42. The molecule has 0 unspecified atom stereocenters. The Morgan fingerprint density at radius 3 is 2.00 bits per heavy atom. The lowest BCUT2D eigenvalue weighted by Gasteiger charge is -1.99. The molecule has 0 aliphatic rings. The molecular formula is C5H6F4N2O3S2. The van der Waals surface area contributed by atoms with E-state index in [2.05, 4.69) is 0 Å². The van der Waals surface area contributed by atoms with Crippen LogP contribution in [0.1, 0.15) is 4.88 Å². The molecule has 5 nitrogen and oxygen atoms in total. The summed E-state index contributed by atoms with van der Waals surface area (Å²) in [5.41, 5.74) is 0. The van der Waals surface area contributed by atoms with Crippen molar-refractivity contribution in [3.8, 4) is 0 Å². The largest absolute Gasteiger partial charge is 0.435 e. The number of aromatic nitrogens is 1. The van der Waals surface area contributed by atoms with Gasteiger partial charge in [0, 0.05) is 13.2 Å². The lowest BCUT2D eigenvalue weighted by Crippen LogP contribution is -2.05. The Bertz CT molecular complexity index is 492. The summed E-state index contributed by atoms with van der Waals surface area (Å²) in [4.78, 5) is -0.831. The molecule has 0 bridgehead atoms. The van der Waals surface area contributed by atoms with Gasteiger partial charge in [0.1, 0.15) is 4.88 Å². The molecule has 0 saturated heterocycles. The maximum absolute atomic E-state index is 11.9. The van der Waals surface area contributed by atoms with Crippen molar-refractivity contribution in [3.63, 3.8) is 0 Å². The lowest BCUT2D eigenvalue weighted by atomic mass is 10.5. The van der Waals surface area contributed by atoms with Crippen LogP contribution in [-0.4, -0.2) is 17.5 Å². The topological polar surface area (TPSA) is 83.2 Å². The zero-order valence-corrected chi connectivity index (χ0v) is 9.25. The zero-order valence-electron chi connectivity index (χ0n) is 7.62. The van der Waals surface area contributed by atoms with Gasteiger partial charge in [-0.1, -0.05) is 15.2 Å². The van der Waals surface area contributed by atoms with Gasteiger partial charge in [0.15, 0.2) is 4.80 Å². The van der Waals surface area contributed by atoms with Crippen molar-refractivity contribution in [2.75, 3.05) is 0 Å². The van der Waals surface area contributed by atoms with Crippen LogP contribution >= 0.6 is 11.3 Å². The maximum atomic E-state index is 11.9. The molecule has 2 N–H and O–H groups in total. The molecule has 0 radical (unpaired) electrons. The third-order valence-electron chi connectivity index (χ3n) is 1.12. The molecule has 0 aliphatic carbocycles. The number of aryl methyl sites for hydroxylation is 1. The average molecular weight is 282 g/mol. The Kier molecular flexibility index (Phi) is 4.64. The van der Waals surface area contributed by atoms with E-state index in [1.165, 1.54) is 7.05 Å². The van der Waals surface area contributed by atoms with Crippen molar-refractivity contribution in [1.29, 1.82) is 5.41 Å². The molecule has 1 aromatic heterocycles. The molecule has 1 heterocycles. The van der Waals surface area contributed by atoms with E-state index in [-0.39, 0.29) is 4.80 Å². The van der Waals surface area contributed by atoms with Gasteiger partial charge in [0.25, 0.3) is 0 Å². The standard InChI is InChI=1S/C5H5F3N2S.FHO3S/c1-10-2-3(5(6,7)8)11-4(10)9;1-5(2,3)4/h2,9H,1H3;(H,2,3,4). The summed E-state index contributed by atoms with van der Waals surface area (Å²) in [6.45, 7) is 0. The first kappa shape index (κ1) is 15.1. The highest BCUT2D eigenvalue weighted by atomic mass is 32.3. The molecule has 16 heavy (non-hydrogen) atoms. The van der Waals surface area contributed by atoms with Crippen molar-refractivity contribution in [1.82, 2.24) is 4.57 Å². The second kappa shape index (κ2) is 4.93. The molecule has 1 aromatic rings. The van der Waals surface area contributed by atoms with Gasteiger partial charge < -0.3 is 4.57 Å². The highest BCUT2D eigenvalue weighted by Crippen LogP contribution is 2.30. The smallest absolute Gasteiger partial charge is 0.327 e. The Hall–Kier alpha value is -0.940. The van der Waals surface area contributed by atoms with Gasteiger partial charge in [0.05, 0.1) is 0 Å². The lowest BCUT2D eigenvalue weighted by molar-refractivity contribution is -0.134. The van der Waals surface area contributed by atoms with Crippen LogP contribution in [0, 0.1) is 5.41 Å². The zero-order chi connectivity index (χ0) is 13.1. The summed E-state index contributed by atoms with van der Waals surface area (Å²) in [5.74, 6) is 0. The number of alkyl halides is 3. The first-order chi connectivity index (χ1) is 6.91. The van der Waals surface area contributed by atoms with Crippen molar-refractivity contribution in [2.45, 2.75) is 6.18 Å². The molecule has 0 atom stereocenters. The summed E-state index contributed by atoms with van der Waals surface area (Å²) in [6.07, 6.45) is -3.41. The van der Waals surface area contributed by atoms with E-state index in [0.717, 1.165) is 10.8 Å². The maximum Gasteiger partial charge on any atom is 0.435 e. The number of thiazole rings is 1. The fourth-order valence-electron chi connectivity index (χ4n) is 0.568. The number of hydrogen-bond acceptors (Lipinski definition) is 4. The highest BCUT2D eigenvalue weighted by molar-refractivity contribution is 7.80. The van der Waals surface area contributed by atoms with E-state index in [0.29, 0.717) is 11.3 Å². The van der Waals surface area contributed by atoms with E-state index in [1.54, 1.807) is 0 Å². The van der Waals surface area contributed by atoms with Crippen LogP contribution in [0.15, 0.2) is 6.20 Å². The molecule has 11 heteroatoms. The Balaban J connectivity index is 0.000000385. The molecule has 0 aliphatic heterocycles. The van der Waals surface area contributed by atoms with Crippen molar-refractivity contribution < 1.29 is 30.0 Å². The predicted molar refractivity (Wildman–Crippen MR) is 46.8 cm³/mol. The molecule has 1 rings (SSSR count). The monoisotopic (exact) mass is 282 g/mol. The molecular weight excluding hydrogens is 276 g/mol. The molecule has 0 saturated carbocycles. The van der Waals surface area contributed by atoms with Crippen molar-refractivity contribution >= 4 is 21.8 Å². The minimum Gasteiger partial charge on any atom is -0.327 e. The number of nitrogens with one attached hydrogen (secondary N) is 1. The van der Waals surface area contributed by atoms with Crippen LogP contribution < -0.4 is 4.80 Å². The SMILES string of the molecule is Cn1cc(C(F)(F)F)sc1=N.O=S(=O)(O)F. The fourth-order valence-corrected chi connectivity index (χ4v) is 1.30. The Labute approximate surface area is 91.5 Å². The molecule has 0 aromatic carbocycles. The summed E-state index contributed by atoms with van der Waals surface area (Å²) in [6, 6.07) is 0. The molecule has 0 spiro atoms. The van der Waals surface area contributed by atoms with Gasteiger partial charge in [-0.2, -0.15) is 21.6 Å². The van der Waals surface area contributed by atoms with Gasteiger partial charge in [-0.25, -0.2) is 0 Å². The summed E-state index contributed by atoms with van der Waals surface area (Å²) in [5, 5.41) is 7.00. The third-order valence-corrected chi connectivity index (χ3v) is 2.16. The van der Waals surface area contributed by atoms with Gasteiger partial charge in [-0.05, 0) is 0 Å². The summed E-state index contributed by atoms with van der Waals surface area (Å²) in [7, 11) is -3.76. The van der Waals surface area contributed by atoms with Gasteiger partial charge >= 0.3 is 16.7 Å². The van der Waals surface area contributed by atoms with Crippen LogP contribution in [0.4, 0.5) is 17.1 Å². The van der Waals surface area contributed by atoms with E-state index in [1.807, 2.05) is 0 Å². The number of hydrogen-bond donors (Lipinski definition) is 2. The Morgan fingerprint density at radius 2 is 1.88 bits per heavy atom. The quantitative estimate of drug-likeness (QED) is 0.428. The van der Waals surface area contributed by atoms with Gasteiger partial charge in [0.2, 0.25) is 0 Å². The number of rotatable bonds is 0. The number of nitrogens with zero attached hydrogens (tertiary/aromatic N) is 1. The minimum atomic E-state index is -5.17. The summed E-state index contributed by atoms with van der Waals surface area (Å²) < 4.78 is 70.9. The molecule has 0 amide bonds. The second-order valence-corrected chi connectivity index (χ2v) is 4.28. The average Bonchev–Trinajstić information content (AvgIpc) is 2.27. The highest BCUT2D eigenvalue weighted by Gasteiger charge is 2.32. The van der Waals surface area contributed by atoms with E-state index >= 15 is 0 Å². The van der Waals surface area contributed by atoms with Crippen molar-refractivity contribution in [3.05, 3.63) is 15.9 Å². The van der Waals surface area contributed by atoms with Gasteiger partial charge in [-0.15, -0.1) is 0 Å². The van der Waals surface area contributed by atoms with E-state index < -0.39 is 21.6 Å². The van der Waals surface area contributed by atoms with Crippen LogP contribution in [-0.2, 0) is 23.7 Å². The third kappa shape index (κ3) is 6.53. The molecule has 94 valence electrons. The van der Waals surface area contributed by atoms with Crippen LogP contribution in [0.2, 0.25) is 0 Å². The van der Waals surface area contributed by atoms with E-state index in [9.17, 15) is 17.1 Å². The predicted octanol–water partition coefficient (Wildman–Crippen LogP) is 1.34. The number of halogens is 4. The van der Waals surface area contributed by atoms with Crippen LogP contribution in [0.5, 0.6) is 0 Å².